The number of carbonyl (C=O) groups is 2. The van der Waals surface area contributed by atoms with Crippen molar-refractivity contribution in [2.24, 2.45) is 5.73 Å². The van der Waals surface area contributed by atoms with Gasteiger partial charge in [0, 0.05) is 17.7 Å². The smallest absolute Gasteiger partial charge is 0.335 e. The molecule has 17 heavy (non-hydrogen) atoms. The molecule has 0 bridgehead atoms. The lowest BCUT2D eigenvalue weighted by Gasteiger charge is -2.04. The van der Waals surface area contributed by atoms with Gasteiger partial charge in [-0.2, -0.15) is 0 Å². The summed E-state index contributed by atoms with van der Waals surface area (Å²) in [7, 11) is 0. The topological polar surface area (TPSA) is 106 Å². The highest BCUT2D eigenvalue weighted by molar-refractivity contribution is 6.02. The number of anilines is 1. The molecule has 0 heterocycles. The number of halogens is 2. The Kier molecular flexibility index (Phi) is 8.39. The number of carboxylic acid groups (broad SMARTS) is 1. The molecule has 0 saturated heterocycles. The molecule has 0 radical (unpaired) electrons. The molecule has 0 unspecified atom stereocenters. The minimum atomic E-state index is -1.07. The zero-order chi connectivity index (χ0) is 11.4. The van der Waals surface area contributed by atoms with Crippen LogP contribution in [-0.4, -0.2) is 23.4 Å². The summed E-state index contributed by atoms with van der Waals surface area (Å²) in [4.78, 5) is 22.0. The number of hydrogen-bond acceptors (Lipinski definition) is 4. The number of hydrogen-bond donors (Lipinski definition) is 3. The molecule has 0 saturated carbocycles. The summed E-state index contributed by atoms with van der Waals surface area (Å²) < 4.78 is 0. The molecule has 0 aliphatic carbocycles. The third-order valence-electron chi connectivity index (χ3n) is 1.97. The summed E-state index contributed by atoms with van der Waals surface area (Å²) in [6.45, 7) is 0.249. The fourth-order valence-corrected chi connectivity index (χ4v) is 1.22. The van der Waals surface area contributed by atoms with Crippen LogP contribution in [0.5, 0.6) is 0 Å². The van der Waals surface area contributed by atoms with Crippen molar-refractivity contribution in [1.29, 1.82) is 0 Å². The average molecular weight is 281 g/mol. The van der Waals surface area contributed by atoms with Gasteiger partial charge in [0.2, 0.25) is 0 Å². The first-order valence-corrected chi connectivity index (χ1v) is 4.42. The van der Waals surface area contributed by atoms with E-state index in [1.54, 1.807) is 0 Å². The Morgan fingerprint density at radius 2 is 1.82 bits per heavy atom. The van der Waals surface area contributed by atoms with Gasteiger partial charge in [-0.25, -0.2) is 4.79 Å². The molecule has 1 rings (SSSR count). The van der Waals surface area contributed by atoms with Crippen LogP contribution in [0.15, 0.2) is 18.2 Å². The highest BCUT2D eigenvalue weighted by Gasteiger charge is 2.11. The van der Waals surface area contributed by atoms with Crippen LogP contribution in [0, 0.1) is 0 Å². The molecule has 0 aromatic heterocycles. The number of Topliss-reactive ketones (excluding diaryl/α,β-unsaturated/α-hetero) is 1. The minimum absolute atomic E-state index is 0. The average Bonchev–Trinajstić information content (AvgIpc) is 2.17. The molecule has 5 nitrogen and oxygen atoms in total. The molecule has 0 aliphatic heterocycles. The molecule has 1 aromatic rings. The SMILES string of the molecule is Cl.Cl.NCCC(=O)c1ccc(C(=O)O)cc1N. The zero-order valence-electron chi connectivity index (χ0n) is 8.88. The molecule has 1 aromatic carbocycles. The number of aromatic carboxylic acids is 1. The highest BCUT2D eigenvalue weighted by Crippen LogP contribution is 2.16. The van der Waals surface area contributed by atoms with Crippen LogP contribution in [0.3, 0.4) is 0 Å². The van der Waals surface area contributed by atoms with Crippen LogP contribution in [0.4, 0.5) is 5.69 Å². The van der Waals surface area contributed by atoms with Gasteiger partial charge >= 0.3 is 5.97 Å². The van der Waals surface area contributed by atoms with Gasteiger partial charge in [-0.1, -0.05) is 0 Å². The zero-order valence-corrected chi connectivity index (χ0v) is 10.5. The first-order valence-electron chi connectivity index (χ1n) is 4.42. The van der Waals surface area contributed by atoms with Crippen molar-refractivity contribution in [2.45, 2.75) is 6.42 Å². The van der Waals surface area contributed by atoms with Gasteiger partial charge in [0.15, 0.2) is 5.78 Å². The van der Waals surface area contributed by atoms with E-state index in [0.29, 0.717) is 5.56 Å². The lowest BCUT2D eigenvalue weighted by atomic mass is 10.0. The van der Waals surface area contributed by atoms with Crippen molar-refractivity contribution < 1.29 is 14.7 Å². The van der Waals surface area contributed by atoms with Gasteiger partial charge in [0.25, 0.3) is 0 Å². The van der Waals surface area contributed by atoms with Crippen LogP contribution < -0.4 is 11.5 Å². The third-order valence-corrected chi connectivity index (χ3v) is 1.97. The molecule has 0 fully saturated rings. The maximum Gasteiger partial charge on any atom is 0.335 e. The first kappa shape index (κ1) is 18.1. The highest BCUT2D eigenvalue weighted by atomic mass is 35.5. The standard InChI is InChI=1S/C10H12N2O3.2ClH/c11-4-3-9(13)7-2-1-6(10(14)15)5-8(7)12;;/h1-2,5H,3-4,11-12H2,(H,14,15);2*1H. The van der Waals surface area contributed by atoms with E-state index in [-0.39, 0.29) is 54.8 Å². The van der Waals surface area contributed by atoms with Gasteiger partial charge in [-0.3, -0.25) is 4.79 Å². The summed E-state index contributed by atoms with van der Waals surface area (Å²) in [5.41, 5.74) is 11.4. The van der Waals surface area contributed by atoms with E-state index in [9.17, 15) is 9.59 Å². The van der Waals surface area contributed by atoms with Gasteiger partial charge in [-0.15, -0.1) is 24.8 Å². The van der Waals surface area contributed by atoms with E-state index >= 15 is 0 Å². The predicted octanol–water partition coefficient (Wildman–Crippen LogP) is 1.34. The number of nitrogens with two attached hydrogens (primary N) is 2. The second-order valence-electron chi connectivity index (χ2n) is 3.07. The molecule has 0 aliphatic rings. The summed E-state index contributed by atoms with van der Waals surface area (Å²) in [5.74, 6) is -1.24. The van der Waals surface area contributed by atoms with Crippen LogP contribution in [0.1, 0.15) is 27.1 Å². The van der Waals surface area contributed by atoms with Crippen molar-refractivity contribution >= 4 is 42.3 Å². The first-order chi connectivity index (χ1) is 7.06. The molecule has 0 atom stereocenters. The maximum absolute atomic E-state index is 11.4. The Labute approximate surface area is 111 Å². The van der Waals surface area contributed by atoms with Crippen LogP contribution in [0.2, 0.25) is 0 Å². The summed E-state index contributed by atoms with van der Waals surface area (Å²) in [6.07, 6.45) is 0.205. The molecular weight excluding hydrogens is 267 g/mol. The summed E-state index contributed by atoms with van der Waals surface area (Å²) in [5, 5.41) is 8.68. The number of rotatable bonds is 4. The Morgan fingerprint density at radius 3 is 2.24 bits per heavy atom. The normalized spacial score (nSPS) is 8.76. The number of nitrogen functional groups attached to an aromatic ring is 1. The van der Waals surface area contributed by atoms with Gasteiger partial charge in [-0.05, 0) is 24.7 Å². The molecule has 5 N–H and O–H groups in total. The van der Waals surface area contributed by atoms with Crippen molar-refractivity contribution in [3.8, 4) is 0 Å². The van der Waals surface area contributed by atoms with E-state index in [1.165, 1.54) is 18.2 Å². The van der Waals surface area contributed by atoms with Crippen molar-refractivity contribution in [3.63, 3.8) is 0 Å². The lowest BCUT2D eigenvalue weighted by Crippen LogP contribution is -2.11. The monoisotopic (exact) mass is 280 g/mol. The Morgan fingerprint density at radius 1 is 1.24 bits per heavy atom. The second kappa shape index (κ2) is 7.89. The largest absolute Gasteiger partial charge is 0.478 e. The molecule has 96 valence electrons. The lowest BCUT2D eigenvalue weighted by molar-refractivity contribution is 0.0696. The fourth-order valence-electron chi connectivity index (χ4n) is 1.22. The summed E-state index contributed by atoms with van der Waals surface area (Å²) >= 11 is 0. The van der Waals surface area contributed by atoms with Gasteiger partial charge in [0.05, 0.1) is 5.56 Å². The van der Waals surface area contributed by atoms with Crippen molar-refractivity contribution in [1.82, 2.24) is 0 Å². The van der Waals surface area contributed by atoms with Crippen molar-refractivity contribution in [2.75, 3.05) is 12.3 Å². The quantitative estimate of drug-likeness (QED) is 0.570. The van der Waals surface area contributed by atoms with Crippen molar-refractivity contribution in [3.05, 3.63) is 29.3 Å². The number of ketones is 1. The Bertz CT molecular complexity index is 411. The van der Waals surface area contributed by atoms with Crippen LogP contribution in [-0.2, 0) is 0 Å². The van der Waals surface area contributed by atoms with Crippen LogP contribution in [0.25, 0.3) is 0 Å². The summed E-state index contributed by atoms with van der Waals surface area (Å²) in [6, 6.07) is 4.03. The second-order valence-corrected chi connectivity index (χ2v) is 3.07. The molecule has 7 heteroatoms. The third kappa shape index (κ3) is 4.60. The predicted molar refractivity (Wildman–Crippen MR) is 70.3 cm³/mol. The van der Waals surface area contributed by atoms with E-state index < -0.39 is 5.97 Å². The van der Waals surface area contributed by atoms with E-state index in [0.717, 1.165) is 0 Å². The maximum atomic E-state index is 11.4. The van der Waals surface area contributed by atoms with Gasteiger partial charge in [0.1, 0.15) is 0 Å². The van der Waals surface area contributed by atoms with E-state index in [2.05, 4.69) is 0 Å². The number of carbonyl (C=O) groups excluding carboxylic acids is 1. The molecule has 0 spiro atoms. The Balaban J connectivity index is 0. The van der Waals surface area contributed by atoms with E-state index in [4.69, 9.17) is 16.6 Å². The minimum Gasteiger partial charge on any atom is -0.478 e. The van der Waals surface area contributed by atoms with Crippen LogP contribution >= 0.6 is 24.8 Å². The molecular formula is C10H14Cl2N2O3. The van der Waals surface area contributed by atoms with E-state index in [1.807, 2.05) is 0 Å². The fraction of sp³-hybridized carbons (Fsp3) is 0.200. The van der Waals surface area contributed by atoms with Gasteiger partial charge < -0.3 is 16.6 Å². The Hall–Kier alpha value is -1.30. The molecule has 0 amide bonds. The number of benzene rings is 1. The number of carboxylic acids is 1.